The summed E-state index contributed by atoms with van der Waals surface area (Å²) in [6, 6.07) is -0.541. The van der Waals surface area contributed by atoms with Crippen LogP contribution in [-0.2, 0) is 9.47 Å². The second-order valence-corrected chi connectivity index (χ2v) is 5.92. The number of amides is 1. The molecule has 19 heavy (non-hydrogen) atoms. The molecule has 1 aliphatic heterocycles. The molecule has 0 aromatic heterocycles. The zero-order valence-corrected chi connectivity index (χ0v) is 12.2. The van der Waals surface area contributed by atoms with Crippen LogP contribution < -0.4 is 5.73 Å². The van der Waals surface area contributed by atoms with Crippen LogP contribution in [0.2, 0.25) is 0 Å². The molecule has 1 rings (SSSR count). The summed E-state index contributed by atoms with van der Waals surface area (Å²) in [6.07, 6.45) is -1.77. The smallest absolute Gasteiger partial charge is 0.412 e. The largest absolute Gasteiger partial charge is 0.444 e. The number of hydrogen-bond donors (Lipinski definition) is 2. The molecule has 0 saturated carbocycles. The van der Waals surface area contributed by atoms with Crippen LogP contribution in [0.4, 0.5) is 4.79 Å². The number of ether oxygens (including phenoxy) is 2. The molecule has 2 radical (unpaired) electrons. The minimum Gasteiger partial charge on any atom is -0.444 e. The van der Waals surface area contributed by atoms with Crippen LogP contribution in [0.3, 0.4) is 0 Å². The Bertz CT molecular complexity index is 343. The van der Waals surface area contributed by atoms with Gasteiger partial charge in [0, 0.05) is 6.54 Å². The minimum absolute atomic E-state index is 0.118. The monoisotopic (exact) mass is 270 g/mol. The van der Waals surface area contributed by atoms with E-state index >= 15 is 0 Å². The molecular formula is C12H23BN2O4. The van der Waals surface area contributed by atoms with Gasteiger partial charge in [0.15, 0.2) is 0 Å². The fourth-order valence-electron chi connectivity index (χ4n) is 2.07. The van der Waals surface area contributed by atoms with E-state index in [1.165, 1.54) is 0 Å². The van der Waals surface area contributed by atoms with E-state index in [0.717, 1.165) is 4.90 Å². The van der Waals surface area contributed by atoms with Gasteiger partial charge in [-0.05, 0) is 34.6 Å². The van der Waals surface area contributed by atoms with Crippen molar-refractivity contribution in [1.29, 1.82) is 0 Å². The molecule has 1 aliphatic rings. The molecule has 1 saturated heterocycles. The fourth-order valence-corrected chi connectivity index (χ4v) is 2.07. The van der Waals surface area contributed by atoms with Gasteiger partial charge < -0.3 is 20.3 Å². The third-order valence-electron chi connectivity index (χ3n) is 3.11. The molecule has 7 heteroatoms. The van der Waals surface area contributed by atoms with Crippen LogP contribution >= 0.6 is 0 Å². The molecule has 0 bridgehead atoms. The van der Waals surface area contributed by atoms with Crippen molar-refractivity contribution in [2.24, 2.45) is 5.73 Å². The van der Waals surface area contributed by atoms with E-state index in [1.54, 1.807) is 34.6 Å². The number of carbonyl (C=O) groups is 1. The summed E-state index contributed by atoms with van der Waals surface area (Å²) in [4.78, 5) is 13.3. The topological polar surface area (TPSA) is 85.0 Å². The van der Waals surface area contributed by atoms with Gasteiger partial charge in [0.2, 0.25) is 0 Å². The van der Waals surface area contributed by atoms with Crippen molar-refractivity contribution in [3.05, 3.63) is 0 Å². The average Bonchev–Trinajstić information content (AvgIpc) is 2.20. The summed E-state index contributed by atoms with van der Waals surface area (Å²) >= 11 is 0. The Morgan fingerprint density at radius 2 is 2.05 bits per heavy atom. The highest BCUT2D eigenvalue weighted by molar-refractivity contribution is 6.15. The maximum absolute atomic E-state index is 12.2. The predicted octanol–water partition coefficient (Wildman–Crippen LogP) is 0.173. The Balaban J connectivity index is 3.05. The van der Waals surface area contributed by atoms with Crippen molar-refractivity contribution in [1.82, 2.24) is 4.90 Å². The first-order valence-electron chi connectivity index (χ1n) is 6.39. The van der Waals surface area contributed by atoms with Crippen molar-refractivity contribution in [3.8, 4) is 0 Å². The van der Waals surface area contributed by atoms with Crippen molar-refractivity contribution in [2.75, 3.05) is 6.54 Å². The van der Waals surface area contributed by atoms with Gasteiger partial charge in [0.05, 0.1) is 18.2 Å². The molecule has 0 aromatic rings. The first kappa shape index (κ1) is 16.3. The quantitative estimate of drug-likeness (QED) is 0.663. The van der Waals surface area contributed by atoms with Crippen LogP contribution in [0, 0.1) is 0 Å². The maximum Gasteiger partial charge on any atom is 0.412 e. The van der Waals surface area contributed by atoms with Crippen LogP contribution in [0.1, 0.15) is 34.6 Å². The van der Waals surface area contributed by atoms with Crippen molar-refractivity contribution in [2.45, 2.75) is 64.1 Å². The Morgan fingerprint density at radius 3 is 2.47 bits per heavy atom. The molecule has 108 valence electrons. The summed E-state index contributed by atoms with van der Waals surface area (Å²) in [5.41, 5.74) is 3.03. The molecule has 1 heterocycles. The van der Waals surface area contributed by atoms with Gasteiger partial charge in [-0.25, -0.2) is 4.79 Å². The molecule has 6 nitrogen and oxygen atoms in total. The number of aliphatic hydroxyl groups is 1. The van der Waals surface area contributed by atoms with Gasteiger partial charge in [-0.2, -0.15) is 0 Å². The fraction of sp³-hybridized carbons (Fsp3) is 0.917. The van der Waals surface area contributed by atoms with Crippen molar-refractivity contribution >= 4 is 13.9 Å². The molecule has 0 spiro atoms. The van der Waals surface area contributed by atoms with Gasteiger partial charge in [0.25, 0.3) is 0 Å². The first-order valence-corrected chi connectivity index (χ1v) is 6.39. The minimum atomic E-state index is -1.95. The van der Waals surface area contributed by atoms with Crippen LogP contribution in [-0.4, -0.2) is 60.0 Å². The van der Waals surface area contributed by atoms with Gasteiger partial charge in [-0.15, -0.1) is 0 Å². The van der Waals surface area contributed by atoms with E-state index in [4.69, 9.17) is 23.1 Å². The molecule has 3 N–H and O–H groups in total. The maximum atomic E-state index is 12.2. The van der Waals surface area contributed by atoms with E-state index < -0.39 is 29.5 Å². The molecule has 4 atom stereocenters. The van der Waals surface area contributed by atoms with Gasteiger partial charge >= 0.3 is 6.09 Å². The number of nitrogens with zero attached hydrogens (tertiary/aromatic N) is 1. The molecular weight excluding hydrogens is 247 g/mol. The Labute approximate surface area is 115 Å². The Hall–Kier alpha value is -0.785. The van der Waals surface area contributed by atoms with E-state index in [1.807, 2.05) is 0 Å². The van der Waals surface area contributed by atoms with E-state index in [9.17, 15) is 9.90 Å². The average molecular weight is 270 g/mol. The molecule has 1 fully saturated rings. The summed E-state index contributed by atoms with van der Waals surface area (Å²) in [5, 5.41) is 10.3. The third kappa shape index (κ3) is 3.40. The Kier molecular flexibility index (Phi) is 4.54. The SMILES string of the molecule is [B]C1(O)[C@@H](C)O[C@@H](C)C(CN)N1C(=O)OC(C)(C)C. The third-order valence-corrected chi connectivity index (χ3v) is 3.11. The normalized spacial score (nSPS) is 36.2. The summed E-state index contributed by atoms with van der Waals surface area (Å²) < 4.78 is 10.8. The highest BCUT2D eigenvalue weighted by Crippen LogP contribution is 2.30. The highest BCUT2D eigenvalue weighted by atomic mass is 16.6. The van der Waals surface area contributed by atoms with Crippen molar-refractivity contribution in [3.63, 3.8) is 0 Å². The molecule has 2 unspecified atom stereocenters. The molecule has 1 amide bonds. The van der Waals surface area contributed by atoms with Gasteiger partial charge in [-0.1, -0.05) is 0 Å². The number of morpholine rings is 1. The lowest BCUT2D eigenvalue weighted by atomic mass is 9.81. The molecule has 0 aliphatic carbocycles. The summed E-state index contributed by atoms with van der Waals surface area (Å²) in [5.74, 6) is 0. The second kappa shape index (κ2) is 5.30. The number of carbonyl (C=O) groups excluding carboxylic acids is 1. The summed E-state index contributed by atoms with van der Waals surface area (Å²) in [7, 11) is 5.81. The standard InChI is InChI=1S/C12H23BN2O4/c1-7-9(6-14)15(10(16)19-11(3,4)5)12(13,17)8(2)18-7/h7-9,17H,6,14H2,1-5H3/t7-,8+,9?,12?/m0/s1. The summed E-state index contributed by atoms with van der Waals surface area (Å²) in [6.45, 7) is 8.72. The number of hydrogen-bond acceptors (Lipinski definition) is 5. The van der Waals surface area contributed by atoms with E-state index in [2.05, 4.69) is 0 Å². The number of nitrogens with two attached hydrogens (primary N) is 1. The van der Waals surface area contributed by atoms with Crippen LogP contribution in [0.25, 0.3) is 0 Å². The van der Waals surface area contributed by atoms with Crippen molar-refractivity contribution < 1.29 is 19.4 Å². The highest BCUT2D eigenvalue weighted by Gasteiger charge is 2.50. The zero-order valence-electron chi connectivity index (χ0n) is 12.2. The van der Waals surface area contributed by atoms with Gasteiger partial charge in [-0.3, -0.25) is 4.90 Å². The number of rotatable bonds is 1. The lowest BCUT2D eigenvalue weighted by Gasteiger charge is -2.52. The first-order chi connectivity index (χ1) is 8.50. The van der Waals surface area contributed by atoms with E-state index in [-0.39, 0.29) is 12.6 Å². The lowest BCUT2D eigenvalue weighted by molar-refractivity contribution is -0.216. The van der Waals surface area contributed by atoms with Crippen LogP contribution in [0.15, 0.2) is 0 Å². The van der Waals surface area contributed by atoms with E-state index in [0.29, 0.717) is 0 Å². The van der Waals surface area contributed by atoms with Crippen LogP contribution in [0.5, 0.6) is 0 Å². The zero-order chi connectivity index (χ0) is 15.0. The predicted molar refractivity (Wildman–Crippen MR) is 71.6 cm³/mol. The second-order valence-electron chi connectivity index (χ2n) is 5.92. The lowest BCUT2D eigenvalue weighted by Crippen LogP contribution is -2.71. The molecule has 0 aromatic carbocycles. The van der Waals surface area contributed by atoms with Gasteiger partial charge in [0.1, 0.15) is 19.1 Å². The Morgan fingerprint density at radius 1 is 1.53 bits per heavy atom.